The van der Waals surface area contributed by atoms with Gasteiger partial charge in [0, 0.05) is 45.9 Å². The molecule has 2 rings (SSSR count). The minimum Gasteiger partial charge on any atom is -0.379 e. The molecule has 2 aliphatic rings. The van der Waals surface area contributed by atoms with E-state index in [-0.39, 0.29) is 0 Å². The molecule has 2 fully saturated rings. The number of aliphatic imine (C=N–C) groups is 1. The van der Waals surface area contributed by atoms with Crippen LogP contribution in [0.4, 0.5) is 0 Å². The first-order valence-electron chi connectivity index (χ1n) is 11.1. The van der Waals surface area contributed by atoms with E-state index in [0.717, 1.165) is 64.2 Å². The van der Waals surface area contributed by atoms with Crippen LogP contribution in [-0.4, -0.2) is 76.1 Å². The van der Waals surface area contributed by atoms with Gasteiger partial charge in [0.1, 0.15) is 0 Å². The number of nitrogens with one attached hydrogen (secondary N) is 2. The Kier molecular flexibility index (Phi) is 11.1. The molecular weight excluding hydrogens is 340 g/mol. The summed E-state index contributed by atoms with van der Waals surface area (Å²) in [5, 5.41) is 6.81. The number of piperidine rings is 1. The molecule has 2 N–H and O–H groups in total. The summed E-state index contributed by atoms with van der Waals surface area (Å²) in [5.74, 6) is 2.37. The topological polar surface area (TPSA) is 58.1 Å². The van der Waals surface area contributed by atoms with Crippen molar-refractivity contribution in [2.24, 2.45) is 16.8 Å². The Balaban J connectivity index is 1.61. The third-order valence-electron chi connectivity index (χ3n) is 5.16. The van der Waals surface area contributed by atoms with Crippen LogP contribution in [0.25, 0.3) is 0 Å². The van der Waals surface area contributed by atoms with Crippen molar-refractivity contribution in [1.82, 2.24) is 15.5 Å². The van der Waals surface area contributed by atoms with Gasteiger partial charge in [0.2, 0.25) is 0 Å². The molecule has 27 heavy (non-hydrogen) atoms. The molecule has 0 aromatic heterocycles. The highest BCUT2D eigenvalue weighted by atomic mass is 16.5. The van der Waals surface area contributed by atoms with Crippen LogP contribution in [0.2, 0.25) is 0 Å². The van der Waals surface area contributed by atoms with Gasteiger partial charge >= 0.3 is 0 Å². The van der Waals surface area contributed by atoms with Gasteiger partial charge in [0.15, 0.2) is 5.96 Å². The number of hydrogen-bond donors (Lipinski definition) is 2. The molecule has 2 atom stereocenters. The second-order valence-corrected chi connectivity index (χ2v) is 8.37. The molecule has 0 aromatic rings. The molecule has 0 bridgehead atoms. The number of likely N-dealkylation sites (tertiary alicyclic amines) is 1. The van der Waals surface area contributed by atoms with E-state index >= 15 is 0 Å². The molecule has 0 saturated carbocycles. The molecule has 2 heterocycles. The lowest BCUT2D eigenvalue weighted by molar-refractivity contribution is 0.0168. The number of hydrogen-bond acceptors (Lipinski definition) is 4. The zero-order valence-corrected chi connectivity index (χ0v) is 17.8. The zero-order chi connectivity index (χ0) is 19.3. The van der Waals surface area contributed by atoms with Crippen molar-refractivity contribution in [3.8, 4) is 0 Å². The molecule has 6 heteroatoms. The third kappa shape index (κ3) is 9.77. The average molecular weight is 383 g/mol. The Morgan fingerprint density at radius 3 is 2.89 bits per heavy atom. The van der Waals surface area contributed by atoms with Crippen molar-refractivity contribution < 1.29 is 9.47 Å². The highest BCUT2D eigenvalue weighted by Crippen LogP contribution is 2.17. The van der Waals surface area contributed by atoms with Gasteiger partial charge in [-0.05, 0) is 57.4 Å². The predicted molar refractivity (Wildman–Crippen MR) is 112 cm³/mol. The van der Waals surface area contributed by atoms with Gasteiger partial charge in [-0.3, -0.25) is 4.99 Å². The van der Waals surface area contributed by atoms with E-state index in [1.807, 2.05) is 0 Å². The SMILES string of the molecule is CCNC(=NCC1CCCN(CC(C)C)C1)NCCCOCC1CCCO1. The number of rotatable bonds is 11. The highest BCUT2D eigenvalue weighted by molar-refractivity contribution is 5.79. The van der Waals surface area contributed by atoms with E-state index in [1.54, 1.807) is 0 Å². The van der Waals surface area contributed by atoms with Crippen LogP contribution in [-0.2, 0) is 9.47 Å². The van der Waals surface area contributed by atoms with Crippen LogP contribution in [0.1, 0.15) is 52.9 Å². The molecule has 0 amide bonds. The summed E-state index contributed by atoms with van der Waals surface area (Å²) >= 11 is 0. The molecule has 0 spiro atoms. The van der Waals surface area contributed by atoms with Crippen LogP contribution < -0.4 is 10.6 Å². The predicted octanol–water partition coefficient (Wildman–Crippen LogP) is 2.50. The van der Waals surface area contributed by atoms with Gasteiger partial charge in [-0.2, -0.15) is 0 Å². The van der Waals surface area contributed by atoms with Crippen molar-refractivity contribution in [3.63, 3.8) is 0 Å². The Hall–Kier alpha value is -0.850. The Morgan fingerprint density at radius 1 is 1.26 bits per heavy atom. The van der Waals surface area contributed by atoms with Gasteiger partial charge < -0.3 is 25.0 Å². The summed E-state index contributed by atoms with van der Waals surface area (Å²) in [6, 6.07) is 0. The second-order valence-electron chi connectivity index (χ2n) is 8.37. The average Bonchev–Trinajstić information content (AvgIpc) is 3.15. The molecule has 158 valence electrons. The lowest BCUT2D eigenvalue weighted by Crippen LogP contribution is -2.41. The van der Waals surface area contributed by atoms with Gasteiger partial charge in [-0.15, -0.1) is 0 Å². The van der Waals surface area contributed by atoms with E-state index in [2.05, 4.69) is 36.3 Å². The number of nitrogens with zero attached hydrogens (tertiary/aromatic N) is 2. The van der Waals surface area contributed by atoms with Crippen molar-refractivity contribution in [2.45, 2.75) is 59.0 Å². The van der Waals surface area contributed by atoms with E-state index in [4.69, 9.17) is 14.5 Å². The summed E-state index contributed by atoms with van der Waals surface area (Å²) in [7, 11) is 0. The van der Waals surface area contributed by atoms with E-state index < -0.39 is 0 Å². The summed E-state index contributed by atoms with van der Waals surface area (Å²) < 4.78 is 11.3. The molecule has 6 nitrogen and oxygen atoms in total. The fourth-order valence-corrected chi connectivity index (χ4v) is 3.92. The van der Waals surface area contributed by atoms with Crippen molar-refractivity contribution in [2.75, 3.05) is 59.1 Å². The second kappa shape index (κ2) is 13.3. The maximum Gasteiger partial charge on any atom is 0.191 e. The summed E-state index contributed by atoms with van der Waals surface area (Å²) in [4.78, 5) is 7.45. The first kappa shape index (κ1) is 22.4. The fourth-order valence-electron chi connectivity index (χ4n) is 3.92. The minimum absolute atomic E-state index is 0.322. The number of guanidine groups is 1. The molecular formula is C21H42N4O2. The standard InChI is InChI=1S/C21H42N4O2/c1-4-22-21(23-10-7-12-26-17-20-9-6-13-27-20)24-14-19-8-5-11-25(16-19)15-18(2)3/h18-20H,4-17H2,1-3H3,(H2,22,23,24). The normalized spacial score (nSPS) is 24.5. The smallest absolute Gasteiger partial charge is 0.191 e. The van der Waals surface area contributed by atoms with Crippen LogP contribution in [0.5, 0.6) is 0 Å². The number of ether oxygens (including phenoxy) is 2. The molecule has 2 saturated heterocycles. The first-order valence-corrected chi connectivity index (χ1v) is 11.1. The lowest BCUT2D eigenvalue weighted by Gasteiger charge is -2.33. The molecule has 2 aliphatic heterocycles. The third-order valence-corrected chi connectivity index (χ3v) is 5.16. The van der Waals surface area contributed by atoms with E-state index in [1.165, 1.54) is 38.9 Å². The first-order chi connectivity index (χ1) is 13.2. The van der Waals surface area contributed by atoms with Crippen LogP contribution in [0.3, 0.4) is 0 Å². The van der Waals surface area contributed by atoms with Gasteiger partial charge in [0.25, 0.3) is 0 Å². The summed E-state index contributed by atoms with van der Waals surface area (Å²) in [5.41, 5.74) is 0. The van der Waals surface area contributed by atoms with Crippen LogP contribution in [0, 0.1) is 11.8 Å². The largest absolute Gasteiger partial charge is 0.379 e. The van der Waals surface area contributed by atoms with Gasteiger partial charge in [0.05, 0.1) is 12.7 Å². The molecule has 0 aliphatic carbocycles. The molecule has 0 aromatic carbocycles. The van der Waals surface area contributed by atoms with Crippen LogP contribution in [0.15, 0.2) is 4.99 Å². The van der Waals surface area contributed by atoms with E-state index in [0.29, 0.717) is 12.0 Å². The van der Waals surface area contributed by atoms with E-state index in [9.17, 15) is 0 Å². The zero-order valence-electron chi connectivity index (χ0n) is 17.8. The van der Waals surface area contributed by atoms with Crippen molar-refractivity contribution in [1.29, 1.82) is 0 Å². The molecule has 0 radical (unpaired) electrons. The van der Waals surface area contributed by atoms with Crippen molar-refractivity contribution in [3.05, 3.63) is 0 Å². The minimum atomic E-state index is 0.322. The fraction of sp³-hybridized carbons (Fsp3) is 0.952. The van der Waals surface area contributed by atoms with Gasteiger partial charge in [-0.25, -0.2) is 0 Å². The maximum atomic E-state index is 5.73. The quantitative estimate of drug-likeness (QED) is 0.327. The van der Waals surface area contributed by atoms with Crippen molar-refractivity contribution >= 4 is 5.96 Å². The Morgan fingerprint density at radius 2 is 2.15 bits per heavy atom. The van der Waals surface area contributed by atoms with Crippen LogP contribution >= 0.6 is 0 Å². The maximum absolute atomic E-state index is 5.73. The Labute approximate surface area is 166 Å². The summed E-state index contributed by atoms with van der Waals surface area (Å²) in [6.07, 6.45) is 6.23. The lowest BCUT2D eigenvalue weighted by atomic mass is 9.97. The molecule has 2 unspecified atom stereocenters. The highest BCUT2D eigenvalue weighted by Gasteiger charge is 2.20. The monoisotopic (exact) mass is 382 g/mol. The van der Waals surface area contributed by atoms with Gasteiger partial charge in [-0.1, -0.05) is 13.8 Å². The summed E-state index contributed by atoms with van der Waals surface area (Å²) in [6.45, 7) is 15.5. The Bertz CT molecular complexity index is 411.